The molecule has 4 fully saturated rings. The lowest BCUT2D eigenvalue weighted by atomic mass is 10.0. The molecule has 0 bridgehead atoms. The smallest absolute Gasteiger partial charge is 0.222 e. The molecule has 0 aromatic heterocycles. The Labute approximate surface area is 559 Å². The number of unbranched alkanes of at least 4 members (excludes halogenated alkanes) is 2. The summed E-state index contributed by atoms with van der Waals surface area (Å²) in [6.07, 6.45) is -20.6. The number of hydrogen-bond donors (Lipinski definition) is 17. The Hall–Kier alpha value is -4.84. The molecule has 35 nitrogen and oxygen atoms in total. The van der Waals surface area contributed by atoms with Gasteiger partial charge < -0.3 is 136 Å². The van der Waals surface area contributed by atoms with Gasteiger partial charge in [-0.1, -0.05) is 6.92 Å². The van der Waals surface area contributed by atoms with Crippen LogP contribution in [0.1, 0.15) is 131 Å². The minimum absolute atomic E-state index is 0.0214. The van der Waals surface area contributed by atoms with Gasteiger partial charge in [0.2, 0.25) is 41.4 Å². The minimum atomic E-state index is -1.47. The van der Waals surface area contributed by atoms with Crippen LogP contribution >= 0.6 is 0 Å². The van der Waals surface area contributed by atoms with Crippen LogP contribution in [-0.4, -0.2) is 326 Å². The molecule has 4 heterocycles. The third-order valence-corrected chi connectivity index (χ3v) is 16.2. The molecule has 4 rings (SSSR count). The predicted molar refractivity (Wildman–Crippen MR) is 332 cm³/mol. The number of ether oxygens (including phenoxy) is 8. The largest absolute Gasteiger partial charge is 0.388 e. The highest BCUT2D eigenvalue weighted by Gasteiger charge is 2.45. The quantitative estimate of drug-likeness (QED) is 0.0253. The summed E-state index contributed by atoms with van der Waals surface area (Å²) in [7, 11) is 0. The molecule has 0 unspecified atom stereocenters. The van der Waals surface area contributed by atoms with Crippen LogP contribution in [0.5, 0.6) is 0 Å². The van der Waals surface area contributed by atoms with E-state index in [0.717, 1.165) is 6.42 Å². The first-order valence-electron chi connectivity index (χ1n) is 33.2. The van der Waals surface area contributed by atoms with Crippen LogP contribution in [0.2, 0.25) is 0 Å². The average Bonchev–Trinajstić information content (AvgIpc) is 0.892. The maximum absolute atomic E-state index is 13.0. The zero-order valence-corrected chi connectivity index (χ0v) is 55.9. The number of Topliss-reactive ketones (excluding diaryl/α,β-unsaturated/α-hetero) is 1. The number of hydrogen-bond acceptors (Lipinski definition) is 28. The van der Waals surface area contributed by atoms with Crippen LogP contribution in [0.3, 0.4) is 0 Å². The zero-order chi connectivity index (χ0) is 71.6. The minimum Gasteiger partial charge on any atom is -0.388 e. The van der Waals surface area contributed by atoms with E-state index in [1.165, 1.54) is 37.5 Å². The Bertz CT molecular complexity index is 2050. The van der Waals surface area contributed by atoms with Gasteiger partial charge in [-0.25, -0.2) is 0 Å². The normalized spacial score (nSPS) is 30.4. The third-order valence-electron chi connectivity index (χ3n) is 16.2. The molecule has 96 heavy (non-hydrogen) atoms. The predicted octanol–water partition coefficient (Wildman–Crippen LogP) is -6.34. The summed E-state index contributed by atoms with van der Waals surface area (Å²) in [6.45, 7) is 10.4. The lowest BCUT2D eigenvalue weighted by Gasteiger charge is -2.38. The number of carbonyl (C=O) groups excluding carboxylic acids is 8. The summed E-state index contributed by atoms with van der Waals surface area (Å²) in [6, 6.07) is 0. The molecule has 0 saturated carbocycles. The molecule has 0 aliphatic carbocycles. The number of amides is 7. The van der Waals surface area contributed by atoms with Gasteiger partial charge in [0.15, 0.2) is 25.2 Å². The van der Waals surface area contributed by atoms with E-state index in [1.54, 1.807) is 0 Å². The second kappa shape index (κ2) is 45.8. The molecule has 35 heteroatoms. The molecule has 17 N–H and O–H groups in total. The lowest BCUT2D eigenvalue weighted by Crippen LogP contribution is -2.57. The average molecular weight is 1390 g/mol. The van der Waals surface area contributed by atoms with Crippen LogP contribution in [0.15, 0.2) is 0 Å². The first-order chi connectivity index (χ1) is 45.5. The van der Waals surface area contributed by atoms with E-state index in [1.807, 2.05) is 13.8 Å². The molecule has 556 valence electrons. The fourth-order valence-corrected chi connectivity index (χ4v) is 10.3. The second-order valence-corrected chi connectivity index (χ2v) is 24.0. The van der Waals surface area contributed by atoms with Crippen molar-refractivity contribution in [2.75, 3.05) is 85.3 Å². The van der Waals surface area contributed by atoms with E-state index in [4.69, 9.17) is 37.9 Å². The SMILES string of the molecule is CCCC(=O)CCCCC(=O)N(CCC(=O)NCCO[C@@H]1O[C@@H](C)[C@@H](O)[C@@H](O)[C@@H]1O)CCC(=O)NCCO[C@@H]1O[C@@H](C)[C@@H](O)[C@@H](O)[C@@H]1O.CCNC(=O)CCCCC(=O)N(CCC(=O)NCCO[C@@H]1O[C@@H](C)[C@@H](O)[C@@H](O)[C@@H]1O)CCC(=O)NCCO[C@@H]1O[C@@H](C)[C@@H](O)[C@@H](O)[C@@H]1O. The number of aliphatic hydroxyl groups is 12. The summed E-state index contributed by atoms with van der Waals surface area (Å²) in [5.74, 6) is -2.10. The first-order valence-corrected chi connectivity index (χ1v) is 33.2. The lowest BCUT2D eigenvalue weighted by molar-refractivity contribution is -0.292. The fraction of sp³-hybridized carbons (Fsp3) is 0.869. The van der Waals surface area contributed by atoms with Gasteiger partial charge in [-0.15, -0.1) is 0 Å². The molecular formula is C61H109N7O28. The van der Waals surface area contributed by atoms with E-state index in [9.17, 15) is 99.6 Å². The van der Waals surface area contributed by atoms with Crippen LogP contribution < -0.4 is 26.6 Å². The van der Waals surface area contributed by atoms with Crippen LogP contribution in [0.25, 0.3) is 0 Å². The molecule has 0 spiro atoms. The summed E-state index contributed by atoms with van der Waals surface area (Å²) >= 11 is 0. The van der Waals surface area contributed by atoms with Crippen LogP contribution in [0, 0.1) is 0 Å². The van der Waals surface area contributed by atoms with Crippen molar-refractivity contribution in [1.82, 2.24) is 36.4 Å². The van der Waals surface area contributed by atoms with Crippen LogP contribution in [-0.2, 0) is 76.3 Å². The summed E-state index contributed by atoms with van der Waals surface area (Å²) in [4.78, 5) is 102. The Morgan fingerprint density at radius 3 is 0.833 bits per heavy atom. The van der Waals surface area contributed by atoms with E-state index < -0.39 is 146 Å². The van der Waals surface area contributed by atoms with Crippen molar-refractivity contribution in [2.24, 2.45) is 0 Å². The molecule has 4 aliphatic rings. The van der Waals surface area contributed by atoms with Gasteiger partial charge in [0, 0.05) is 117 Å². The highest BCUT2D eigenvalue weighted by atomic mass is 16.7. The number of carbonyl (C=O) groups is 8. The molecule has 4 saturated heterocycles. The topological polar surface area (TPSA) is 520 Å². The Morgan fingerprint density at radius 2 is 0.573 bits per heavy atom. The van der Waals surface area contributed by atoms with Crippen molar-refractivity contribution < 1.29 is 138 Å². The zero-order valence-electron chi connectivity index (χ0n) is 55.9. The standard InChI is InChI=1S/C31H55N3O14.C30H54N4O14/c1-4-7-20(35)8-5-6-9-23(38)34(14-10-21(36)32-12-16-45-30-28(43)26(41)24(39)18(2)47-30)15-11-22(37)33-13-17-46-31-29(44)27(42)25(40)19(3)48-31;1-4-31-19(35)7-5-6-8-22(38)34(13-9-20(36)32-11-15-45-29-27(43)25(41)23(39)17(2)47-29)14-10-21(37)33-12-16-46-30-28(44)26(42)24(40)18(3)48-30/h18-19,24-31,39-44H,4-17H2,1-3H3,(H,32,36)(H,33,37);17-18,23-30,39-44H,4-16H2,1-3H3,(H,31,35)(H,32,36)(H,33,37)/t18-,19-,24+,25+,26+,27+,28-,29-,30+,31+;17-,18-,23+,24+,25+,26+,27-,28-,29+,30+/m00/s1. The molecule has 4 aliphatic heterocycles. The van der Waals surface area contributed by atoms with E-state index >= 15 is 0 Å². The van der Waals surface area contributed by atoms with Gasteiger partial charge in [-0.3, -0.25) is 38.4 Å². The molecule has 0 radical (unpaired) electrons. The van der Waals surface area contributed by atoms with E-state index in [2.05, 4.69) is 26.6 Å². The van der Waals surface area contributed by atoms with Gasteiger partial charge in [-0.2, -0.15) is 0 Å². The number of nitrogens with zero attached hydrogens (tertiary/aromatic N) is 2. The molecular weight excluding hydrogens is 1280 g/mol. The Balaban J connectivity index is 0.000000500. The molecule has 20 atom stereocenters. The highest BCUT2D eigenvalue weighted by molar-refractivity contribution is 5.82. The van der Waals surface area contributed by atoms with Crippen molar-refractivity contribution in [1.29, 1.82) is 0 Å². The van der Waals surface area contributed by atoms with E-state index in [0.29, 0.717) is 45.1 Å². The van der Waals surface area contributed by atoms with Gasteiger partial charge in [0.05, 0.1) is 50.8 Å². The van der Waals surface area contributed by atoms with E-state index in [-0.39, 0.29) is 147 Å². The van der Waals surface area contributed by atoms with Gasteiger partial charge in [0.1, 0.15) is 79.0 Å². The number of nitrogens with one attached hydrogen (secondary N) is 5. The molecule has 0 aromatic rings. The van der Waals surface area contributed by atoms with Crippen LogP contribution in [0.4, 0.5) is 0 Å². The number of ketones is 1. The van der Waals surface area contributed by atoms with Crippen molar-refractivity contribution >= 4 is 47.1 Å². The Kier molecular flexibility index (Phi) is 40.7. The monoisotopic (exact) mass is 1390 g/mol. The van der Waals surface area contributed by atoms with Crippen molar-refractivity contribution in [2.45, 2.75) is 254 Å². The molecule has 7 amide bonds. The third kappa shape index (κ3) is 30.3. The van der Waals surface area contributed by atoms with Crippen molar-refractivity contribution in [3.05, 3.63) is 0 Å². The second-order valence-electron chi connectivity index (χ2n) is 24.0. The Morgan fingerprint density at radius 1 is 0.323 bits per heavy atom. The number of aliphatic hydroxyl groups excluding tert-OH is 12. The maximum atomic E-state index is 13.0. The van der Waals surface area contributed by atoms with Gasteiger partial charge >= 0.3 is 0 Å². The first kappa shape index (κ1) is 85.4. The van der Waals surface area contributed by atoms with Crippen molar-refractivity contribution in [3.8, 4) is 0 Å². The van der Waals surface area contributed by atoms with Crippen molar-refractivity contribution in [3.63, 3.8) is 0 Å². The number of rotatable bonds is 41. The fourth-order valence-electron chi connectivity index (χ4n) is 10.3. The van der Waals surface area contributed by atoms with Gasteiger partial charge in [0.25, 0.3) is 0 Å². The molecule has 0 aromatic carbocycles. The summed E-state index contributed by atoms with van der Waals surface area (Å²) in [5, 5.41) is 132. The summed E-state index contributed by atoms with van der Waals surface area (Å²) < 4.78 is 43.0. The maximum Gasteiger partial charge on any atom is 0.222 e. The van der Waals surface area contributed by atoms with Gasteiger partial charge in [-0.05, 0) is 66.7 Å². The highest BCUT2D eigenvalue weighted by Crippen LogP contribution is 2.25. The summed E-state index contributed by atoms with van der Waals surface area (Å²) in [5.41, 5.74) is 0.